The Labute approximate surface area is 101 Å². The number of hydrogen-bond acceptors (Lipinski definition) is 2. The molecule has 0 saturated heterocycles. The van der Waals surface area contributed by atoms with E-state index in [0.717, 1.165) is 24.1 Å². The van der Waals surface area contributed by atoms with Gasteiger partial charge in [-0.3, -0.25) is 0 Å². The van der Waals surface area contributed by atoms with Gasteiger partial charge in [0.2, 0.25) is 0 Å². The second-order valence-electron chi connectivity index (χ2n) is 3.72. The second kappa shape index (κ2) is 6.99. The van der Waals surface area contributed by atoms with Gasteiger partial charge in [0, 0.05) is 23.6 Å². The van der Waals surface area contributed by atoms with Gasteiger partial charge in [-0.05, 0) is 31.2 Å². The first-order valence-corrected chi connectivity index (χ1v) is 6.20. The van der Waals surface area contributed by atoms with Crippen molar-refractivity contribution in [2.45, 2.75) is 26.4 Å². The minimum absolute atomic E-state index is 0.504. The monoisotopic (exact) mass is 270 g/mol. The Bertz CT molecular complexity index is 289. The molecule has 0 radical (unpaired) electrons. The van der Waals surface area contributed by atoms with Crippen LogP contribution in [0.2, 0.25) is 0 Å². The molecule has 0 spiro atoms. The highest BCUT2D eigenvalue weighted by atomic mass is 79.9. The molecule has 1 unspecified atom stereocenters. The first-order chi connectivity index (χ1) is 7.22. The molecule has 1 rings (SSSR count). The zero-order valence-electron chi connectivity index (χ0n) is 9.39. The van der Waals surface area contributed by atoms with Gasteiger partial charge in [-0.1, -0.05) is 35.0 Å². The van der Waals surface area contributed by atoms with Crippen LogP contribution in [0.15, 0.2) is 28.7 Å². The Morgan fingerprint density at radius 3 is 2.87 bits per heavy atom. The van der Waals surface area contributed by atoms with Crippen LogP contribution in [0.4, 0.5) is 0 Å². The van der Waals surface area contributed by atoms with E-state index in [9.17, 15) is 0 Å². The molecule has 0 bridgehead atoms. The third-order valence-electron chi connectivity index (χ3n) is 2.24. The zero-order chi connectivity index (χ0) is 11.1. The first-order valence-electron chi connectivity index (χ1n) is 5.41. The lowest BCUT2D eigenvalue weighted by molar-refractivity contribution is 0.509. The number of nitrogens with one attached hydrogen (secondary N) is 2. The van der Waals surface area contributed by atoms with Crippen molar-refractivity contribution in [1.82, 2.24) is 10.6 Å². The van der Waals surface area contributed by atoms with Crippen LogP contribution in [-0.4, -0.2) is 19.1 Å². The van der Waals surface area contributed by atoms with Crippen LogP contribution in [0.1, 0.15) is 19.4 Å². The van der Waals surface area contributed by atoms with Crippen LogP contribution < -0.4 is 10.6 Å². The normalized spacial score (nSPS) is 12.7. The SMILES string of the molecule is CCNCC(C)NCc1cccc(Br)c1. The number of halogens is 1. The van der Waals surface area contributed by atoms with E-state index in [4.69, 9.17) is 0 Å². The molecule has 0 aromatic heterocycles. The average Bonchev–Trinajstić information content (AvgIpc) is 2.23. The van der Waals surface area contributed by atoms with Gasteiger partial charge in [0.05, 0.1) is 0 Å². The lowest BCUT2D eigenvalue weighted by atomic mass is 10.2. The van der Waals surface area contributed by atoms with Crippen molar-refractivity contribution < 1.29 is 0 Å². The van der Waals surface area contributed by atoms with Gasteiger partial charge in [-0.2, -0.15) is 0 Å². The smallest absolute Gasteiger partial charge is 0.0208 e. The molecule has 0 aliphatic rings. The Balaban J connectivity index is 2.30. The standard InChI is InChI=1S/C12H19BrN2/c1-3-14-8-10(2)15-9-11-5-4-6-12(13)7-11/h4-7,10,14-15H,3,8-9H2,1-2H3. The summed E-state index contributed by atoms with van der Waals surface area (Å²) in [6, 6.07) is 8.90. The van der Waals surface area contributed by atoms with E-state index < -0.39 is 0 Å². The molecule has 2 N–H and O–H groups in total. The minimum Gasteiger partial charge on any atom is -0.315 e. The highest BCUT2D eigenvalue weighted by molar-refractivity contribution is 9.10. The maximum Gasteiger partial charge on any atom is 0.0208 e. The second-order valence-corrected chi connectivity index (χ2v) is 4.64. The van der Waals surface area contributed by atoms with E-state index in [0.29, 0.717) is 6.04 Å². The quantitative estimate of drug-likeness (QED) is 0.830. The summed E-state index contributed by atoms with van der Waals surface area (Å²) >= 11 is 3.47. The maximum atomic E-state index is 3.48. The molecule has 2 nitrogen and oxygen atoms in total. The highest BCUT2D eigenvalue weighted by Crippen LogP contribution is 2.11. The minimum atomic E-state index is 0.504. The van der Waals surface area contributed by atoms with Crippen molar-refractivity contribution in [3.63, 3.8) is 0 Å². The Morgan fingerprint density at radius 1 is 1.40 bits per heavy atom. The van der Waals surface area contributed by atoms with Gasteiger partial charge in [0.1, 0.15) is 0 Å². The van der Waals surface area contributed by atoms with Crippen molar-refractivity contribution in [2.75, 3.05) is 13.1 Å². The molecule has 0 aliphatic carbocycles. The third-order valence-corrected chi connectivity index (χ3v) is 2.74. The summed E-state index contributed by atoms with van der Waals surface area (Å²) in [5.41, 5.74) is 1.31. The van der Waals surface area contributed by atoms with Crippen molar-refractivity contribution in [1.29, 1.82) is 0 Å². The summed E-state index contributed by atoms with van der Waals surface area (Å²) in [6.07, 6.45) is 0. The molecule has 0 aliphatic heterocycles. The average molecular weight is 271 g/mol. The van der Waals surface area contributed by atoms with E-state index in [1.807, 2.05) is 6.07 Å². The van der Waals surface area contributed by atoms with E-state index in [-0.39, 0.29) is 0 Å². The summed E-state index contributed by atoms with van der Waals surface area (Å²) < 4.78 is 1.14. The van der Waals surface area contributed by atoms with Crippen LogP contribution in [0.5, 0.6) is 0 Å². The summed E-state index contributed by atoms with van der Waals surface area (Å²) in [4.78, 5) is 0. The number of benzene rings is 1. The lowest BCUT2D eigenvalue weighted by Crippen LogP contribution is -2.35. The molecule has 0 amide bonds. The summed E-state index contributed by atoms with van der Waals surface area (Å²) in [5, 5.41) is 6.80. The third kappa shape index (κ3) is 5.30. The number of rotatable bonds is 6. The molecule has 1 aromatic carbocycles. The predicted octanol–water partition coefficient (Wildman–Crippen LogP) is 2.54. The fourth-order valence-corrected chi connectivity index (χ4v) is 1.82. The molecule has 15 heavy (non-hydrogen) atoms. The van der Waals surface area contributed by atoms with E-state index in [2.05, 4.69) is 58.6 Å². The zero-order valence-corrected chi connectivity index (χ0v) is 11.0. The van der Waals surface area contributed by atoms with Crippen LogP contribution in [-0.2, 0) is 6.54 Å². The summed E-state index contributed by atoms with van der Waals surface area (Å²) in [5.74, 6) is 0. The van der Waals surface area contributed by atoms with E-state index >= 15 is 0 Å². The van der Waals surface area contributed by atoms with Crippen molar-refractivity contribution >= 4 is 15.9 Å². The topological polar surface area (TPSA) is 24.1 Å². The molecule has 0 saturated carbocycles. The van der Waals surface area contributed by atoms with Gasteiger partial charge in [0.25, 0.3) is 0 Å². The van der Waals surface area contributed by atoms with Gasteiger partial charge in [0.15, 0.2) is 0 Å². The van der Waals surface area contributed by atoms with Crippen molar-refractivity contribution in [3.8, 4) is 0 Å². The first kappa shape index (κ1) is 12.7. The van der Waals surface area contributed by atoms with Gasteiger partial charge < -0.3 is 10.6 Å². The predicted molar refractivity (Wildman–Crippen MR) is 69.0 cm³/mol. The molecule has 1 atom stereocenters. The van der Waals surface area contributed by atoms with Gasteiger partial charge in [-0.15, -0.1) is 0 Å². The lowest BCUT2D eigenvalue weighted by Gasteiger charge is -2.14. The molecule has 84 valence electrons. The van der Waals surface area contributed by atoms with Crippen LogP contribution in [0.25, 0.3) is 0 Å². The molecule has 0 fully saturated rings. The van der Waals surface area contributed by atoms with Crippen LogP contribution in [0.3, 0.4) is 0 Å². The number of hydrogen-bond donors (Lipinski definition) is 2. The highest BCUT2D eigenvalue weighted by Gasteiger charge is 2.00. The molecule has 0 heterocycles. The Morgan fingerprint density at radius 2 is 2.20 bits per heavy atom. The fraction of sp³-hybridized carbons (Fsp3) is 0.500. The Kier molecular flexibility index (Phi) is 5.91. The molecular weight excluding hydrogens is 252 g/mol. The largest absolute Gasteiger partial charge is 0.315 e. The van der Waals surface area contributed by atoms with Gasteiger partial charge in [-0.25, -0.2) is 0 Å². The summed E-state index contributed by atoms with van der Waals surface area (Å²) in [7, 11) is 0. The number of likely N-dealkylation sites (N-methyl/N-ethyl adjacent to an activating group) is 1. The van der Waals surface area contributed by atoms with Crippen LogP contribution in [0, 0.1) is 0 Å². The van der Waals surface area contributed by atoms with Crippen LogP contribution >= 0.6 is 15.9 Å². The van der Waals surface area contributed by atoms with E-state index in [1.165, 1.54) is 5.56 Å². The van der Waals surface area contributed by atoms with Gasteiger partial charge >= 0.3 is 0 Å². The molecule has 3 heteroatoms. The Hall–Kier alpha value is -0.380. The summed E-state index contributed by atoms with van der Waals surface area (Å²) in [6.45, 7) is 7.29. The van der Waals surface area contributed by atoms with E-state index in [1.54, 1.807) is 0 Å². The van der Waals surface area contributed by atoms with Crippen molar-refractivity contribution in [2.24, 2.45) is 0 Å². The maximum absolute atomic E-state index is 3.48. The molecular formula is C12H19BrN2. The molecule has 1 aromatic rings. The van der Waals surface area contributed by atoms with Crippen molar-refractivity contribution in [3.05, 3.63) is 34.3 Å². The fourth-order valence-electron chi connectivity index (χ4n) is 1.37.